The van der Waals surface area contributed by atoms with Gasteiger partial charge in [-0.2, -0.15) is 0 Å². The Hall–Kier alpha value is -2.99. The van der Waals surface area contributed by atoms with Gasteiger partial charge in [0.15, 0.2) is 5.78 Å². The van der Waals surface area contributed by atoms with Crippen LogP contribution in [0.1, 0.15) is 42.0 Å². The van der Waals surface area contributed by atoms with Crippen LogP contribution < -0.4 is 10.3 Å². The van der Waals surface area contributed by atoms with Gasteiger partial charge in [0.25, 0.3) is 5.56 Å². The number of ether oxygens (including phenoxy) is 1. The SMILES string of the molecule is CCC1(O)C(=O)CCc2c1cc1n(c2=O)Cc2cc3c4c(ccc3nc2-1)OCC4. The van der Waals surface area contributed by atoms with Gasteiger partial charge >= 0.3 is 0 Å². The van der Waals surface area contributed by atoms with Gasteiger partial charge in [0.2, 0.25) is 0 Å². The number of ketones is 1. The van der Waals surface area contributed by atoms with Crippen molar-refractivity contribution in [1.82, 2.24) is 9.55 Å². The molecule has 146 valence electrons. The summed E-state index contributed by atoms with van der Waals surface area (Å²) in [5.74, 6) is 0.700. The van der Waals surface area contributed by atoms with Crippen LogP contribution in [0.2, 0.25) is 0 Å². The molecule has 1 N–H and O–H groups in total. The third-order valence-electron chi connectivity index (χ3n) is 6.75. The molecule has 29 heavy (non-hydrogen) atoms. The molecule has 4 heterocycles. The second-order valence-electron chi connectivity index (χ2n) is 8.15. The summed E-state index contributed by atoms with van der Waals surface area (Å²) in [6, 6.07) is 7.84. The van der Waals surface area contributed by atoms with Crippen molar-refractivity contribution >= 4 is 16.7 Å². The first-order chi connectivity index (χ1) is 14.0. The molecule has 0 fully saturated rings. The van der Waals surface area contributed by atoms with Crippen LogP contribution in [0.25, 0.3) is 22.3 Å². The molecule has 3 aromatic rings. The summed E-state index contributed by atoms with van der Waals surface area (Å²) in [7, 11) is 0. The Labute approximate surface area is 166 Å². The van der Waals surface area contributed by atoms with E-state index >= 15 is 0 Å². The van der Waals surface area contributed by atoms with Crippen LogP contribution in [-0.2, 0) is 29.8 Å². The number of aliphatic hydroxyl groups is 1. The van der Waals surface area contributed by atoms with Gasteiger partial charge < -0.3 is 14.4 Å². The molecule has 0 amide bonds. The lowest BCUT2D eigenvalue weighted by atomic mass is 9.77. The highest BCUT2D eigenvalue weighted by molar-refractivity contribution is 5.92. The second-order valence-corrected chi connectivity index (χ2v) is 8.15. The zero-order valence-corrected chi connectivity index (χ0v) is 16.1. The van der Waals surface area contributed by atoms with Crippen LogP contribution in [-0.4, -0.2) is 27.0 Å². The Morgan fingerprint density at radius 1 is 1.17 bits per heavy atom. The lowest BCUT2D eigenvalue weighted by molar-refractivity contribution is -0.140. The third kappa shape index (κ3) is 2.07. The number of nitrogens with zero attached hydrogens (tertiary/aromatic N) is 2. The molecule has 1 unspecified atom stereocenters. The molecular formula is C23H20N2O4. The monoisotopic (exact) mass is 388 g/mol. The molecular weight excluding hydrogens is 368 g/mol. The van der Waals surface area contributed by atoms with Gasteiger partial charge in [-0.1, -0.05) is 6.92 Å². The Kier molecular flexibility index (Phi) is 3.23. The van der Waals surface area contributed by atoms with Gasteiger partial charge in [-0.25, -0.2) is 4.98 Å². The van der Waals surface area contributed by atoms with Gasteiger partial charge in [-0.05, 0) is 37.1 Å². The van der Waals surface area contributed by atoms with Crippen LogP contribution in [0.5, 0.6) is 5.75 Å². The Bertz CT molecular complexity index is 1310. The molecule has 6 nitrogen and oxygen atoms in total. The first-order valence-electron chi connectivity index (χ1n) is 10.1. The predicted molar refractivity (Wildman–Crippen MR) is 107 cm³/mol. The van der Waals surface area contributed by atoms with Crippen molar-refractivity contribution in [1.29, 1.82) is 0 Å². The van der Waals surface area contributed by atoms with Gasteiger partial charge in [-0.15, -0.1) is 0 Å². The molecule has 1 aliphatic carbocycles. The summed E-state index contributed by atoms with van der Waals surface area (Å²) in [4.78, 5) is 30.6. The summed E-state index contributed by atoms with van der Waals surface area (Å²) >= 11 is 0. The molecule has 1 aromatic carbocycles. The maximum Gasteiger partial charge on any atom is 0.254 e. The molecule has 0 spiro atoms. The molecule has 6 heteroatoms. The molecule has 0 radical (unpaired) electrons. The fourth-order valence-corrected chi connectivity index (χ4v) is 5.13. The van der Waals surface area contributed by atoms with E-state index in [0.29, 0.717) is 36.4 Å². The molecule has 2 aromatic heterocycles. The quantitative estimate of drug-likeness (QED) is 0.542. The van der Waals surface area contributed by atoms with E-state index in [4.69, 9.17) is 9.72 Å². The highest BCUT2D eigenvalue weighted by atomic mass is 16.5. The highest BCUT2D eigenvalue weighted by Crippen LogP contribution is 2.40. The van der Waals surface area contributed by atoms with Crippen molar-refractivity contribution in [3.8, 4) is 17.1 Å². The smallest absolute Gasteiger partial charge is 0.254 e. The van der Waals surface area contributed by atoms with E-state index in [0.717, 1.165) is 34.3 Å². The number of rotatable bonds is 1. The average Bonchev–Trinajstić information content (AvgIpc) is 3.34. The van der Waals surface area contributed by atoms with Crippen molar-refractivity contribution in [3.05, 3.63) is 56.9 Å². The summed E-state index contributed by atoms with van der Waals surface area (Å²) in [6.07, 6.45) is 1.70. The number of carbonyl (C=O) groups excluding carboxylic acids is 1. The minimum atomic E-state index is -1.58. The number of Topliss-reactive ketones (excluding diaryl/α,β-unsaturated/α-hetero) is 1. The lowest BCUT2D eigenvalue weighted by Crippen LogP contribution is -2.43. The minimum Gasteiger partial charge on any atom is -0.493 e. The maximum atomic E-state index is 13.3. The number of hydrogen-bond acceptors (Lipinski definition) is 5. The fourth-order valence-electron chi connectivity index (χ4n) is 5.13. The lowest BCUT2D eigenvalue weighted by Gasteiger charge is -2.32. The number of carbonyl (C=O) groups is 1. The van der Waals surface area contributed by atoms with Gasteiger partial charge in [0, 0.05) is 40.5 Å². The van der Waals surface area contributed by atoms with Gasteiger partial charge in [0.1, 0.15) is 11.4 Å². The zero-order valence-electron chi connectivity index (χ0n) is 16.1. The van der Waals surface area contributed by atoms with Gasteiger partial charge in [-0.3, -0.25) is 9.59 Å². The Morgan fingerprint density at radius 2 is 2.03 bits per heavy atom. The summed E-state index contributed by atoms with van der Waals surface area (Å²) in [5.41, 5.74) is 3.79. The zero-order chi connectivity index (χ0) is 19.9. The van der Waals surface area contributed by atoms with Crippen LogP contribution in [0, 0.1) is 0 Å². The minimum absolute atomic E-state index is 0.118. The second kappa shape index (κ2) is 5.54. The van der Waals surface area contributed by atoms with Crippen molar-refractivity contribution in [3.63, 3.8) is 0 Å². The van der Waals surface area contributed by atoms with E-state index in [-0.39, 0.29) is 24.2 Å². The number of aromatic nitrogens is 2. The number of hydrogen-bond donors (Lipinski definition) is 1. The van der Waals surface area contributed by atoms with Crippen LogP contribution in [0.3, 0.4) is 0 Å². The highest BCUT2D eigenvalue weighted by Gasteiger charge is 2.43. The van der Waals surface area contributed by atoms with Crippen molar-refractivity contribution < 1.29 is 14.6 Å². The largest absolute Gasteiger partial charge is 0.493 e. The molecule has 2 aliphatic heterocycles. The van der Waals surface area contributed by atoms with E-state index in [1.807, 2.05) is 18.2 Å². The molecule has 0 saturated carbocycles. The molecule has 3 aliphatic rings. The third-order valence-corrected chi connectivity index (χ3v) is 6.75. The number of fused-ring (bicyclic) bond motifs is 7. The van der Waals surface area contributed by atoms with E-state index in [1.165, 1.54) is 5.56 Å². The molecule has 1 atom stereocenters. The summed E-state index contributed by atoms with van der Waals surface area (Å²) in [6.45, 7) is 2.92. The van der Waals surface area contributed by atoms with E-state index in [1.54, 1.807) is 11.5 Å². The van der Waals surface area contributed by atoms with E-state index in [9.17, 15) is 14.7 Å². The summed E-state index contributed by atoms with van der Waals surface area (Å²) < 4.78 is 7.41. The van der Waals surface area contributed by atoms with Gasteiger partial charge in [0.05, 0.1) is 30.1 Å². The van der Waals surface area contributed by atoms with E-state index < -0.39 is 5.60 Å². The Balaban J connectivity index is 1.62. The van der Waals surface area contributed by atoms with Crippen molar-refractivity contribution in [2.75, 3.05) is 6.61 Å². The molecule has 6 rings (SSSR count). The maximum absolute atomic E-state index is 13.3. The predicted octanol–water partition coefficient (Wildman–Crippen LogP) is 2.47. The van der Waals surface area contributed by atoms with Crippen LogP contribution in [0.4, 0.5) is 0 Å². The van der Waals surface area contributed by atoms with Crippen molar-refractivity contribution in [2.24, 2.45) is 0 Å². The first kappa shape index (κ1) is 16.9. The average molecular weight is 388 g/mol. The van der Waals surface area contributed by atoms with Crippen LogP contribution >= 0.6 is 0 Å². The number of pyridine rings is 2. The topological polar surface area (TPSA) is 81.4 Å². The number of benzene rings is 1. The normalized spacial score (nSPS) is 21.5. The summed E-state index contributed by atoms with van der Waals surface area (Å²) in [5, 5.41) is 12.1. The van der Waals surface area contributed by atoms with E-state index in [2.05, 4.69) is 6.07 Å². The molecule has 0 saturated heterocycles. The standard InChI is InChI=1S/C23H20N2O4/c1-2-23(28)16-10-18-21-12(11-25(18)22(27)14(16)3-6-20(23)26)9-15-13-7-8-29-19(13)5-4-17(15)24-21/h4-5,9-10,28H,2-3,6-8,11H2,1H3. The Morgan fingerprint density at radius 3 is 2.86 bits per heavy atom. The van der Waals surface area contributed by atoms with Crippen molar-refractivity contribution in [2.45, 2.75) is 44.8 Å². The first-order valence-corrected chi connectivity index (χ1v) is 10.1. The van der Waals surface area contributed by atoms with Crippen LogP contribution in [0.15, 0.2) is 29.1 Å². The molecule has 0 bridgehead atoms. The fraction of sp³-hybridized carbons (Fsp3) is 0.348.